The smallest absolute Gasteiger partial charge is 0.159 e. The largest absolute Gasteiger partial charge is 0.344 e. The molecule has 6 aromatic rings. The van der Waals surface area contributed by atoms with Gasteiger partial charge in [-0.1, -0.05) is 91.0 Å². The highest BCUT2D eigenvalue weighted by molar-refractivity contribution is 7.26. The quantitative estimate of drug-likeness (QED) is 0.256. The van der Waals surface area contributed by atoms with Crippen molar-refractivity contribution in [3.8, 4) is 17.2 Å². The molecule has 39 heavy (non-hydrogen) atoms. The van der Waals surface area contributed by atoms with E-state index in [2.05, 4.69) is 84.2 Å². The molecule has 1 aliphatic heterocycles. The number of hydrogen-bond acceptors (Lipinski definition) is 5. The van der Waals surface area contributed by atoms with Crippen LogP contribution < -0.4 is 5.32 Å². The van der Waals surface area contributed by atoms with E-state index in [1.54, 1.807) is 17.4 Å². The maximum absolute atomic E-state index is 9.48. The predicted octanol–water partition coefficient (Wildman–Crippen LogP) is 8.09. The molecule has 5 heteroatoms. The topological polar surface area (TPSA) is 60.5 Å². The molecule has 0 amide bonds. The molecular weight excluding hydrogens is 496 g/mol. The molecule has 1 aliphatic rings. The maximum atomic E-state index is 9.48. The van der Waals surface area contributed by atoms with Crippen molar-refractivity contribution in [3.05, 3.63) is 144 Å². The second-order valence-electron chi connectivity index (χ2n) is 9.42. The van der Waals surface area contributed by atoms with E-state index in [0.29, 0.717) is 11.4 Å². The monoisotopic (exact) mass is 518 g/mol. The van der Waals surface area contributed by atoms with Crippen LogP contribution in [-0.4, -0.2) is 11.7 Å². The number of aliphatic imine (C=N–C) groups is 2. The Morgan fingerprint density at radius 1 is 0.692 bits per heavy atom. The van der Waals surface area contributed by atoms with Crippen LogP contribution in [0.25, 0.3) is 31.3 Å². The van der Waals surface area contributed by atoms with E-state index in [4.69, 9.17) is 9.98 Å². The van der Waals surface area contributed by atoms with Crippen molar-refractivity contribution in [3.63, 3.8) is 0 Å². The molecule has 1 N–H and O–H groups in total. The predicted molar refractivity (Wildman–Crippen MR) is 161 cm³/mol. The van der Waals surface area contributed by atoms with Crippen LogP contribution in [0.15, 0.2) is 131 Å². The van der Waals surface area contributed by atoms with Crippen molar-refractivity contribution >= 4 is 43.2 Å². The summed E-state index contributed by atoms with van der Waals surface area (Å²) < 4.78 is 2.47. The molecular formula is C34H22N4S. The van der Waals surface area contributed by atoms with Crippen LogP contribution in [0.3, 0.4) is 0 Å². The van der Waals surface area contributed by atoms with Gasteiger partial charge in [0.25, 0.3) is 0 Å². The van der Waals surface area contributed by atoms with E-state index >= 15 is 0 Å². The molecule has 0 spiro atoms. The Morgan fingerprint density at radius 2 is 1.44 bits per heavy atom. The van der Waals surface area contributed by atoms with E-state index in [1.807, 2.05) is 42.5 Å². The first-order valence-corrected chi connectivity index (χ1v) is 13.6. The molecule has 7 rings (SSSR count). The summed E-state index contributed by atoms with van der Waals surface area (Å²) >= 11 is 1.80. The first-order chi connectivity index (χ1) is 19.3. The molecule has 4 nitrogen and oxygen atoms in total. The summed E-state index contributed by atoms with van der Waals surface area (Å²) in [6.07, 6.45) is -0.308. The van der Waals surface area contributed by atoms with Crippen molar-refractivity contribution in [2.45, 2.75) is 6.17 Å². The minimum absolute atomic E-state index is 0.308. The lowest BCUT2D eigenvalue weighted by atomic mass is 9.96. The van der Waals surface area contributed by atoms with E-state index < -0.39 is 0 Å². The van der Waals surface area contributed by atoms with Crippen LogP contribution in [-0.2, 0) is 0 Å². The third kappa shape index (κ3) is 4.27. The Morgan fingerprint density at radius 3 is 2.26 bits per heavy atom. The molecule has 5 aromatic carbocycles. The number of rotatable bonds is 4. The highest BCUT2D eigenvalue weighted by Crippen LogP contribution is 2.41. The third-order valence-electron chi connectivity index (χ3n) is 6.94. The average Bonchev–Trinajstić information content (AvgIpc) is 3.40. The molecule has 0 saturated carbocycles. The van der Waals surface area contributed by atoms with Crippen LogP contribution in [0.1, 0.15) is 28.4 Å². The van der Waals surface area contributed by atoms with Gasteiger partial charge in [-0.2, -0.15) is 5.26 Å². The lowest BCUT2D eigenvalue weighted by Crippen LogP contribution is -2.33. The van der Waals surface area contributed by atoms with Crippen molar-refractivity contribution in [1.29, 1.82) is 5.26 Å². The van der Waals surface area contributed by atoms with Gasteiger partial charge < -0.3 is 5.32 Å². The molecule has 0 saturated heterocycles. The lowest BCUT2D eigenvalue weighted by Gasteiger charge is -2.24. The number of benzene rings is 5. The van der Waals surface area contributed by atoms with E-state index in [1.165, 1.54) is 31.3 Å². The zero-order chi connectivity index (χ0) is 26.2. The van der Waals surface area contributed by atoms with Gasteiger partial charge in [-0.05, 0) is 47.0 Å². The number of nitrogens with one attached hydrogen (secondary N) is 1. The molecule has 0 aliphatic carbocycles. The number of fused-ring (bicyclic) bond motifs is 3. The Kier molecular flexibility index (Phi) is 5.73. The van der Waals surface area contributed by atoms with Crippen LogP contribution in [0.4, 0.5) is 0 Å². The van der Waals surface area contributed by atoms with E-state index in [0.717, 1.165) is 22.5 Å². The number of amidine groups is 2. The number of thiophene rings is 1. The highest BCUT2D eigenvalue weighted by Gasteiger charge is 2.23. The van der Waals surface area contributed by atoms with Gasteiger partial charge in [0.1, 0.15) is 12.0 Å². The van der Waals surface area contributed by atoms with E-state index in [9.17, 15) is 5.26 Å². The minimum Gasteiger partial charge on any atom is -0.344 e. The highest BCUT2D eigenvalue weighted by atomic mass is 32.1. The SMILES string of the molecule is N#Cc1cccc(C2=NC(c3ccccc3)NC(c3cc(-c4ccccc4)c4c(c3)sc3ccccc34)=N2)c1. The van der Waals surface area contributed by atoms with Gasteiger partial charge >= 0.3 is 0 Å². The summed E-state index contributed by atoms with van der Waals surface area (Å²) in [6, 6.07) is 43.5. The van der Waals surface area contributed by atoms with Gasteiger partial charge in [0.2, 0.25) is 0 Å². The zero-order valence-corrected chi connectivity index (χ0v) is 21.7. The van der Waals surface area contributed by atoms with Crippen molar-refractivity contribution in [2.75, 3.05) is 0 Å². The Balaban J connectivity index is 1.44. The second kappa shape index (κ2) is 9.68. The number of nitrogens with zero attached hydrogens (tertiary/aromatic N) is 3. The molecule has 2 heterocycles. The zero-order valence-electron chi connectivity index (χ0n) is 20.9. The summed E-state index contributed by atoms with van der Waals surface area (Å²) in [5.41, 5.74) is 5.79. The molecule has 0 fully saturated rings. The molecule has 1 unspecified atom stereocenters. The first kappa shape index (κ1) is 23.1. The second-order valence-corrected chi connectivity index (χ2v) is 10.5. The van der Waals surface area contributed by atoms with Crippen LogP contribution >= 0.6 is 11.3 Å². The van der Waals surface area contributed by atoms with Gasteiger partial charge in [-0.3, -0.25) is 0 Å². The average molecular weight is 519 g/mol. The molecule has 1 atom stereocenters. The van der Waals surface area contributed by atoms with Gasteiger partial charge in [0.15, 0.2) is 5.84 Å². The molecule has 0 bridgehead atoms. The van der Waals surface area contributed by atoms with Gasteiger partial charge in [0.05, 0.1) is 11.6 Å². The van der Waals surface area contributed by atoms with Gasteiger partial charge in [-0.25, -0.2) is 9.98 Å². The van der Waals surface area contributed by atoms with Gasteiger partial charge in [-0.15, -0.1) is 11.3 Å². The fraction of sp³-hybridized carbons (Fsp3) is 0.0294. The first-order valence-electron chi connectivity index (χ1n) is 12.8. The van der Waals surface area contributed by atoms with Crippen LogP contribution in [0.2, 0.25) is 0 Å². The van der Waals surface area contributed by atoms with Crippen molar-refractivity contribution in [1.82, 2.24) is 5.32 Å². The molecule has 184 valence electrons. The lowest BCUT2D eigenvalue weighted by molar-refractivity contribution is 0.674. The summed E-state index contributed by atoms with van der Waals surface area (Å²) in [7, 11) is 0. The summed E-state index contributed by atoms with van der Waals surface area (Å²) in [5, 5.41) is 15.6. The molecule has 1 aromatic heterocycles. The standard InChI is InChI=1S/C34H22N4S/c35-21-22-10-9-15-25(18-22)33-36-32(24-13-5-2-6-14-24)37-34(38-33)26-19-28(23-11-3-1-4-12-23)31-27-16-7-8-17-29(27)39-30(31)20-26/h1-20,32H,(H,36,37,38). The Labute approximate surface area is 230 Å². The van der Waals surface area contributed by atoms with Crippen molar-refractivity contribution in [2.24, 2.45) is 9.98 Å². The Hall–Kier alpha value is -5.05. The fourth-order valence-corrected chi connectivity index (χ4v) is 6.27. The summed E-state index contributed by atoms with van der Waals surface area (Å²) in [4.78, 5) is 9.98. The van der Waals surface area contributed by atoms with Gasteiger partial charge in [0, 0.05) is 31.3 Å². The fourth-order valence-electron chi connectivity index (χ4n) is 5.10. The van der Waals surface area contributed by atoms with Crippen molar-refractivity contribution < 1.29 is 0 Å². The maximum Gasteiger partial charge on any atom is 0.159 e. The summed E-state index contributed by atoms with van der Waals surface area (Å²) in [5.74, 6) is 1.36. The van der Waals surface area contributed by atoms with Crippen LogP contribution in [0, 0.1) is 11.3 Å². The molecule has 0 radical (unpaired) electrons. The minimum atomic E-state index is -0.308. The number of hydrogen-bond donors (Lipinski definition) is 1. The normalized spacial score (nSPS) is 14.9. The Bertz CT molecular complexity index is 1950. The van der Waals surface area contributed by atoms with E-state index in [-0.39, 0.29) is 6.17 Å². The number of nitriles is 1. The third-order valence-corrected chi connectivity index (χ3v) is 8.06. The summed E-state index contributed by atoms with van der Waals surface area (Å²) in [6.45, 7) is 0. The van der Waals surface area contributed by atoms with Crippen LogP contribution in [0.5, 0.6) is 0 Å².